The third-order valence-electron chi connectivity index (χ3n) is 4.71. The smallest absolute Gasteiger partial charge is 0.319 e. The molecule has 4 amide bonds. The van der Waals surface area contributed by atoms with Crippen LogP contribution in [0.3, 0.4) is 0 Å². The molecule has 2 aliphatic heterocycles. The minimum absolute atomic E-state index is 0.0365. The predicted molar refractivity (Wildman–Crippen MR) is 99.2 cm³/mol. The van der Waals surface area contributed by atoms with Gasteiger partial charge < -0.3 is 20.4 Å². The summed E-state index contributed by atoms with van der Waals surface area (Å²) in [6, 6.07) is 5.66. The molecule has 1 aromatic rings. The third kappa shape index (κ3) is 4.97. The van der Waals surface area contributed by atoms with E-state index in [4.69, 9.17) is 0 Å². The van der Waals surface area contributed by atoms with E-state index in [9.17, 15) is 22.8 Å². The Balaban J connectivity index is 1.52. The van der Waals surface area contributed by atoms with Crippen molar-refractivity contribution in [2.24, 2.45) is 0 Å². The quantitative estimate of drug-likeness (QED) is 0.693. The van der Waals surface area contributed by atoms with Crippen molar-refractivity contribution >= 4 is 33.9 Å². The average molecular weight is 394 g/mol. The number of hydrogen-bond donors (Lipinski definition) is 2. The Morgan fingerprint density at radius 2 is 1.74 bits per heavy atom. The number of anilines is 1. The topological polar surface area (TPSA) is 116 Å². The van der Waals surface area contributed by atoms with Crippen molar-refractivity contribution in [2.75, 3.05) is 43.0 Å². The predicted octanol–water partition coefficient (Wildman–Crippen LogP) is -0.0906. The lowest BCUT2D eigenvalue weighted by Crippen LogP contribution is -2.48. The molecule has 0 aromatic heterocycles. The van der Waals surface area contributed by atoms with E-state index < -0.39 is 15.9 Å². The molecule has 2 heterocycles. The zero-order chi connectivity index (χ0) is 19.4. The van der Waals surface area contributed by atoms with Crippen LogP contribution in [0.25, 0.3) is 0 Å². The summed E-state index contributed by atoms with van der Waals surface area (Å²) < 4.78 is 22.8. The van der Waals surface area contributed by atoms with E-state index in [-0.39, 0.29) is 23.5 Å². The molecule has 1 aromatic carbocycles. The van der Waals surface area contributed by atoms with Crippen LogP contribution < -0.4 is 10.6 Å². The van der Waals surface area contributed by atoms with Crippen LogP contribution >= 0.6 is 0 Å². The van der Waals surface area contributed by atoms with Gasteiger partial charge >= 0.3 is 6.03 Å². The summed E-state index contributed by atoms with van der Waals surface area (Å²) in [6.45, 7) is 2.02. The van der Waals surface area contributed by atoms with Crippen molar-refractivity contribution in [3.8, 4) is 0 Å². The first-order chi connectivity index (χ1) is 12.9. The van der Waals surface area contributed by atoms with E-state index in [0.29, 0.717) is 43.9 Å². The summed E-state index contributed by atoms with van der Waals surface area (Å²) in [5.74, 6) is -0.0612. The lowest BCUT2D eigenvalue weighted by atomic mass is 10.1. The van der Waals surface area contributed by atoms with Crippen LogP contribution in [0, 0.1) is 0 Å². The van der Waals surface area contributed by atoms with Gasteiger partial charge in [-0.15, -0.1) is 0 Å². The first-order valence-electron chi connectivity index (χ1n) is 8.73. The van der Waals surface area contributed by atoms with Gasteiger partial charge in [-0.25, -0.2) is 13.2 Å². The zero-order valence-electron chi connectivity index (χ0n) is 14.8. The molecule has 0 saturated carbocycles. The molecule has 27 heavy (non-hydrogen) atoms. The summed E-state index contributed by atoms with van der Waals surface area (Å²) in [4.78, 5) is 38.5. The Bertz CT molecular complexity index is 816. The third-order valence-corrected chi connectivity index (χ3v) is 6.48. The number of benzene rings is 1. The standard InChI is InChI=1S/C17H22N4O5S/c22-12-20-6-8-21(9-7-20)16(23)13-1-3-14(4-2-13)18-17(24)19-15-5-10-27(25,26)11-15/h1-4,12,15H,5-11H2,(H2,18,19,24). The fourth-order valence-electron chi connectivity index (χ4n) is 3.17. The number of piperazine rings is 1. The van der Waals surface area contributed by atoms with Gasteiger partial charge in [0.05, 0.1) is 11.5 Å². The van der Waals surface area contributed by atoms with Gasteiger partial charge in [-0.2, -0.15) is 0 Å². The van der Waals surface area contributed by atoms with Gasteiger partial charge in [-0.05, 0) is 30.7 Å². The lowest BCUT2D eigenvalue weighted by Gasteiger charge is -2.32. The Kier molecular flexibility index (Phi) is 5.64. The second kappa shape index (κ2) is 7.95. The SMILES string of the molecule is O=CN1CCN(C(=O)c2ccc(NC(=O)NC3CCS(=O)(=O)C3)cc2)CC1. The number of carbonyl (C=O) groups excluding carboxylic acids is 3. The van der Waals surface area contributed by atoms with Gasteiger partial charge in [0.25, 0.3) is 5.91 Å². The van der Waals surface area contributed by atoms with Crippen LogP contribution in [-0.2, 0) is 14.6 Å². The summed E-state index contributed by atoms with van der Waals surface area (Å²) in [5, 5.41) is 5.28. The summed E-state index contributed by atoms with van der Waals surface area (Å²) in [6.07, 6.45) is 1.20. The van der Waals surface area contributed by atoms with Crippen LogP contribution in [0.1, 0.15) is 16.8 Å². The van der Waals surface area contributed by atoms with E-state index in [1.54, 1.807) is 34.1 Å². The molecule has 1 atom stereocenters. The van der Waals surface area contributed by atoms with E-state index in [0.717, 1.165) is 6.41 Å². The number of rotatable bonds is 4. The van der Waals surface area contributed by atoms with Crippen molar-refractivity contribution in [2.45, 2.75) is 12.5 Å². The molecule has 2 N–H and O–H groups in total. The van der Waals surface area contributed by atoms with E-state index in [1.165, 1.54) is 0 Å². The second-order valence-corrected chi connectivity index (χ2v) is 8.94. The summed E-state index contributed by atoms with van der Waals surface area (Å²) in [7, 11) is -3.05. The fourth-order valence-corrected chi connectivity index (χ4v) is 4.84. The monoisotopic (exact) mass is 394 g/mol. The number of sulfone groups is 1. The maximum Gasteiger partial charge on any atom is 0.319 e. The summed E-state index contributed by atoms with van der Waals surface area (Å²) >= 11 is 0. The maximum atomic E-state index is 12.5. The maximum absolute atomic E-state index is 12.5. The first-order valence-corrected chi connectivity index (χ1v) is 10.5. The molecular weight excluding hydrogens is 372 g/mol. The highest BCUT2D eigenvalue weighted by molar-refractivity contribution is 7.91. The van der Waals surface area contributed by atoms with Crippen molar-refractivity contribution in [1.82, 2.24) is 15.1 Å². The van der Waals surface area contributed by atoms with Crippen molar-refractivity contribution in [3.63, 3.8) is 0 Å². The first kappa shape index (κ1) is 19.2. The molecule has 0 spiro atoms. The number of amides is 4. The van der Waals surface area contributed by atoms with Crippen molar-refractivity contribution < 1.29 is 22.8 Å². The highest BCUT2D eigenvalue weighted by atomic mass is 32.2. The van der Waals surface area contributed by atoms with Crippen LogP contribution in [-0.4, -0.2) is 80.3 Å². The van der Waals surface area contributed by atoms with Gasteiger partial charge in [0, 0.05) is 43.5 Å². The molecule has 2 fully saturated rings. The Morgan fingerprint density at radius 1 is 1.07 bits per heavy atom. The lowest BCUT2D eigenvalue weighted by molar-refractivity contribution is -0.119. The van der Waals surface area contributed by atoms with Crippen molar-refractivity contribution in [1.29, 1.82) is 0 Å². The van der Waals surface area contributed by atoms with Crippen LogP contribution in [0.2, 0.25) is 0 Å². The molecule has 0 radical (unpaired) electrons. The molecule has 2 aliphatic rings. The van der Waals surface area contributed by atoms with Gasteiger partial charge in [0.1, 0.15) is 0 Å². The van der Waals surface area contributed by atoms with Crippen molar-refractivity contribution in [3.05, 3.63) is 29.8 Å². The van der Waals surface area contributed by atoms with Gasteiger partial charge in [0.15, 0.2) is 9.84 Å². The highest BCUT2D eigenvalue weighted by Crippen LogP contribution is 2.14. The molecular formula is C17H22N4O5S. The molecule has 1 unspecified atom stereocenters. The fraction of sp³-hybridized carbons (Fsp3) is 0.471. The molecule has 2 saturated heterocycles. The van der Waals surface area contributed by atoms with E-state index in [2.05, 4.69) is 10.6 Å². The molecule has 9 nitrogen and oxygen atoms in total. The second-order valence-electron chi connectivity index (χ2n) is 6.71. The number of nitrogens with zero attached hydrogens (tertiary/aromatic N) is 2. The molecule has 146 valence electrons. The van der Waals surface area contributed by atoms with Crippen LogP contribution in [0.5, 0.6) is 0 Å². The normalized spacial score (nSPS) is 21.6. The number of nitrogens with one attached hydrogen (secondary N) is 2. The Morgan fingerprint density at radius 3 is 2.30 bits per heavy atom. The minimum Gasteiger partial charge on any atom is -0.342 e. The Labute approximate surface area is 157 Å². The highest BCUT2D eigenvalue weighted by Gasteiger charge is 2.29. The molecule has 10 heteroatoms. The van der Waals surface area contributed by atoms with Gasteiger partial charge in [0.2, 0.25) is 6.41 Å². The average Bonchev–Trinajstić information content (AvgIpc) is 3.00. The zero-order valence-corrected chi connectivity index (χ0v) is 15.6. The van der Waals surface area contributed by atoms with E-state index in [1.807, 2.05) is 0 Å². The van der Waals surface area contributed by atoms with Gasteiger partial charge in [-0.3, -0.25) is 9.59 Å². The number of urea groups is 1. The molecule has 0 aliphatic carbocycles. The van der Waals surface area contributed by atoms with Gasteiger partial charge in [-0.1, -0.05) is 0 Å². The largest absolute Gasteiger partial charge is 0.342 e. The molecule has 0 bridgehead atoms. The number of carbonyl (C=O) groups is 3. The van der Waals surface area contributed by atoms with Crippen LogP contribution in [0.15, 0.2) is 24.3 Å². The number of hydrogen-bond acceptors (Lipinski definition) is 5. The van der Waals surface area contributed by atoms with E-state index >= 15 is 0 Å². The Hall–Kier alpha value is -2.62. The summed E-state index contributed by atoms with van der Waals surface area (Å²) in [5.41, 5.74) is 1.01. The molecule has 3 rings (SSSR count). The van der Waals surface area contributed by atoms with Crippen LogP contribution in [0.4, 0.5) is 10.5 Å². The minimum atomic E-state index is -3.05.